The second kappa shape index (κ2) is 9.74. The molecule has 0 saturated heterocycles. The van der Waals surface area contributed by atoms with Gasteiger partial charge in [-0.25, -0.2) is 0 Å². The Morgan fingerprint density at radius 2 is 1.88 bits per heavy atom. The third kappa shape index (κ3) is 6.46. The van der Waals surface area contributed by atoms with Gasteiger partial charge in [0.05, 0.1) is 0 Å². The molecule has 0 aliphatic heterocycles. The van der Waals surface area contributed by atoms with E-state index < -0.39 is 6.04 Å². The van der Waals surface area contributed by atoms with Gasteiger partial charge in [-0.2, -0.15) is 5.10 Å². The zero-order valence-corrected chi connectivity index (χ0v) is 16.6. The molecule has 1 heterocycles. The van der Waals surface area contributed by atoms with E-state index in [1.807, 2.05) is 33.8 Å². The van der Waals surface area contributed by atoms with Crippen LogP contribution in [0.3, 0.4) is 0 Å². The molecular formula is C20H34N4O2. The van der Waals surface area contributed by atoms with Gasteiger partial charge in [-0.1, -0.05) is 59.8 Å². The van der Waals surface area contributed by atoms with Crippen LogP contribution in [0.2, 0.25) is 0 Å². The number of nitrogens with one attached hydrogen (secondary N) is 3. The topological polar surface area (TPSA) is 86.9 Å². The van der Waals surface area contributed by atoms with Crippen molar-refractivity contribution >= 4 is 17.6 Å². The fourth-order valence-electron chi connectivity index (χ4n) is 3.57. The Balaban J connectivity index is 1.90. The predicted molar refractivity (Wildman–Crippen MR) is 104 cm³/mol. The van der Waals surface area contributed by atoms with Gasteiger partial charge < -0.3 is 10.6 Å². The minimum absolute atomic E-state index is 0.00626. The largest absolute Gasteiger partial charge is 0.344 e. The van der Waals surface area contributed by atoms with Crippen molar-refractivity contribution < 1.29 is 9.59 Å². The molecule has 1 unspecified atom stereocenters. The number of nitrogens with zero attached hydrogens (tertiary/aromatic N) is 1. The highest BCUT2D eigenvalue weighted by atomic mass is 16.2. The molecule has 26 heavy (non-hydrogen) atoms. The third-order valence-corrected chi connectivity index (χ3v) is 4.97. The number of H-pyrrole nitrogens is 1. The second-order valence-corrected chi connectivity index (χ2v) is 8.36. The van der Waals surface area contributed by atoms with Gasteiger partial charge in [-0.15, -0.1) is 0 Å². The quantitative estimate of drug-likeness (QED) is 0.659. The number of rotatable bonds is 8. The Morgan fingerprint density at radius 1 is 1.19 bits per heavy atom. The average molecular weight is 363 g/mol. The molecule has 2 amide bonds. The molecule has 1 aromatic rings. The summed E-state index contributed by atoms with van der Waals surface area (Å²) in [6.45, 7) is 7.83. The number of anilines is 1. The van der Waals surface area contributed by atoms with Crippen LogP contribution >= 0.6 is 0 Å². The summed E-state index contributed by atoms with van der Waals surface area (Å²) in [4.78, 5) is 24.6. The molecule has 146 valence electrons. The highest BCUT2D eigenvalue weighted by Crippen LogP contribution is 2.26. The van der Waals surface area contributed by atoms with E-state index >= 15 is 0 Å². The van der Waals surface area contributed by atoms with E-state index in [0.29, 0.717) is 18.2 Å². The van der Waals surface area contributed by atoms with Crippen molar-refractivity contribution in [3.05, 3.63) is 11.8 Å². The standard InChI is InChI=1S/C20H34N4O2/c1-13(2)10-18(25)22-19(14(3)4)20(26)21-17-12-16(23-24-17)11-15-8-6-5-7-9-15/h12-15,19H,5-11H2,1-4H3,(H,22,25)(H2,21,23,24,26). The number of aromatic amines is 1. The minimum atomic E-state index is -0.556. The maximum absolute atomic E-state index is 12.6. The van der Waals surface area contributed by atoms with E-state index in [4.69, 9.17) is 0 Å². The molecule has 6 heteroatoms. The van der Waals surface area contributed by atoms with Gasteiger partial charge in [-0.05, 0) is 24.2 Å². The number of aromatic nitrogens is 2. The summed E-state index contributed by atoms with van der Waals surface area (Å²) < 4.78 is 0. The van der Waals surface area contributed by atoms with Crippen molar-refractivity contribution in [3.8, 4) is 0 Å². The Bertz CT molecular complexity index is 588. The summed E-state index contributed by atoms with van der Waals surface area (Å²) in [5.74, 6) is 1.21. The van der Waals surface area contributed by atoms with Crippen LogP contribution in [0.15, 0.2) is 6.07 Å². The molecular weight excluding hydrogens is 328 g/mol. The van der Waals surface area contributed by atoms with Crippen LogP contribution < -0.4 is 10.6 Å². The molecule has 1 fully saturated rings. The van der Waals surface area contributed by atoms with Gasteiger partial charge in [0.25, 0.3) is 0 Å². The maximum atomic E-state index is 12.6. The van der Waals surface area contributed by atoms with Gasteiger partial charge in [0.15, 0.2) is 5.82 Å². The highest BCUT2D eigenvalue weighted by molar-refractivity contribution is 5.96. The van der Waals surface area contributed by atoms with Gasteiger partial charge >= 0.3 is 0 Å². The van der Waals surface area contributed by atoms with Gasteiger partial charge in [0.2, 0.25) is 11.8 Å². The van der Waals surface area contributed by atoms with Crippen LogP contribution in [0.4, 0.5) is 5.82 Å². The fraction of sp³-hybridized carbons (Fsp3) is 0.750. The Kier molecular flexibility index (Phi) is 7.66. The van der Waals surface area contributed by atoms with E-state index in [1.54, 1.807) is 0 Å². The lowest BCUT2D eigenvalue weighted by Crippen LogP contribution is -2.47. The maximum Gasteiger partial charge on any atom is 0.248 e. The SMILES string of the molecule is CC(C)CC(=O)NC(C(=O)Nc1cc(CC2CCCCC2)[nH]n1)C(C)C. The number of amides is 2. The van der Waals surface area contributed by atoms with Crippen molar-refractivity contribution in [3.63, 3.8) is 0 Å². The van der Waals surface area contributed by atoms with E-state index in [0.717, 1.165) is 12.1 Å². The first-order valence-electron chi connectivity index (χ1n) is 9.99. The fourth-order valence-corrected chi connectivity index (χ4v) is 3.57. The number of carbonyl (C=O) groups excluding carboxylic acids is 2. The van der Waals surface area contributed by atoms with Crippen molar-refractivity contribution in [1.82, 2.24) is 15.5 Å². The molecule has 0 radical (unpaired) electrons. The molecule has 3 N–H and O–H groups in total. The Labute approximate surface area is 156 Å². The summed E-state index contributed by atoms with van der Waals surface area (Å²) >= 11 is 0. The number of hydrogen-bond acceptors (Lipinski definition) is 3. The van der Waals surface area contributed by atoms with E-state index in [2.05, 4.69) is 20.8 Å². The minimum Gasteiger partial charge on any atom is -0.344 e. The zero-order chi connectivity index (χ0) is 19.1. The smallest absolute Gasteiger partial charge is 0.248 e. The van der Waals surface area contributed by atoms with Crippen molar-refractivity contribution in [1.29, 1.82) is 0 Å². The molecule has 1 aliphatic rings. The van der Waals surface area contributed by atoms with Gasteiger partial charge in [-0.3, -0.25) is 14.7 Å². The van der Waals surface area contributed by atoms with Gasteiger partial charge in [0.1, 0.15) is 6.04 Å². The first-order valence-corrected chi connectivity index (χ1v) is 9.99. The third-order valence-electron chi connectivity index (χ3n) is 4.97. The molecule has 1 saturated carbocycles. The summed E-state index contributed by atoms with van der Waals surface area (Å²) in [6, 6.07) is 1.36. The molecule has 0 spiro atoms. The zero-order valence-electron chi connectivity index (χ0n) is 16.6. The van der Waals surface area contributed by atoms with Crippen LogP contribution in [0.5, 0.6) is 0 Å². The molecule has 6 nitrogen and oxygen atoms in total. The van der Waals surface area contributed by atoms with Crippen LogP contribution in [0, 0.1) is 17.8 Å². The van der Waals surface area contributed by atoms with Crippen LogP contribution in [0.25, 0.3) is 0 Å². The average Bonchev–Trinajstić information content (AvgIpc) is 2.99. The van der Waals surface area contributed by atoms with E-state index in [1.165, 1.54) is 32.1 Å². The summed E-state index contributed by atoms with van der Waals surface area (Å²) in [7, 11) is 0. The van der Waals surface area contributed by atoms with Crippen molar-refractivity contribution in [2.45, 2.75) is 78.7 Å². The lowest BCUT2D eigenvalue weighted by molar-refractivity contribution is -0.127. The van der Waals surface area contributed by atoms with Crippen LogP contribution in [-0.2, 0) is 16.0 Å². The summed E-state index contributed by atoms with van der Waals surface area (Å²) in [6.07, 6.45) is 7.94. The lowest BCUT2D eigenvalue weighted by atomic mass is 9.86. The van der Waals surface area contributed by atoms with Gasteiger partial charge in [0, 0.05) is 18.2 Å². The Morgan fingerprint density at radius 3 is 2.50 bits per heavy atom. The molecule has 0 aromatic carbocycles. The molecule has 1 aliphatic carbocycles. The number of hydrogen-bond donors (Lipinski definition) is 3. The molecule has 1 atom stereocenters. The van der Waals surface area contributed by atoms with Crippen LogP contribution in [0.1, 0.15) is 71.9 Å². The monoisotopic (exact) mass is 362 g/mol. The lowest BCUT2D eigenvalue weighted by Gasteiger charge is -2.21. The summed E-state index contributed by atoms with van der Waals surface area (Å²) in [5, 5.41) is 13.0. The van der Waals surface area contributed by atoms with Crippen molar-refractivity contribution in [2.24, 2.45) is 17.8 Å². The first-order chi connectivity index (χ1) is 12.3. The molecule has 0 bridgehead atoms. The van der Waals surface area contributed by atoms with E-state index in [9.17, 15) is 9.59 Å². The predicted octanol–water partition coefficient (Wildman–Crippen LogP) is 3.66. The molecule has 2 rings (SSSR count). The summed E-state index contributed by atoms with van der Waals surface area (Å²) in [5.41, 5.74) is 1.07. The normalized spacial score (nSPS) is 16.7. The first kappa shape index (κ1) is 20.5. The van der Waals surface area contributed by atoms with E-state index in [-0.39, 0.29) is 23.7 Å². The van der Waals surface area contributed by atoms with Crippen LogP contribution in [-0.4, -0.2) is 28.1 Å². The number of carbonyl (C=O) groups is 2. The second-order valence-electron chi connectivity index (χ2n) is 8.36. The van der Waals surface area contributed by atoms with Crippen molar-refractivity contribution in [2.75, 3.05) is 5.32 Å². The highest BCUT2D eigenvalue weighted by Gasteiger charge is 2.25. The molecule has 1 aromatic heterocycles. The Hall–Kier alpha value is -1.85.